The highest BCUT2D eigenvalue weighted by Gasteiger charge is 2.55. The molecule has 0 heterocycles. The SMILES string of the molecule is CNS(=O)(=O)c1cc(NC(=O)COC(=O)C23CC4CC(CC(C4)C2)C3)ccc1C. The minimum absolute atomic E-state index is 0.100. The number of ether oxygens (including phenoxy) is 1. The summed E-state index contributed by atoms with van der Waals surface area (Å²) in [5.74, 6) is 1.17. The van der Waals surface area contributed by atoms with Crippen LogP contribution in [-0.4, -0.2) is 33.9 Å². The Morgan fingerprint density at radius 3 is 2.24 bits per heavy atom. The number of carbonyl (C=O) groups is 2. The van der Waals surface area contributed by atoms with Crippen LogP contribution in [0.2, 0.25) is 0 Å². The summed E-state index contributed by atoms with van der Waals surface area (Å²) >= 11 is 0. The van der Waals surface area contributed by atoms with Crippen LogP contribution in [0, 0.1) is 30.1 Å². The van der Waals surface area contributed by atoms with Crippen LogP contribution in [-0.2, 0) is 24.3 Å². The first kappa shape index (κ1) is 20.3. The van der Waals surface area contributed by atoms with Gasteiger partial charge in [-0.15, -0.1) is 0 Å². The van der Waals surface area contributed by atoms with Crippen LogP contribution in [0.5, 0.6) is 0 Å². The third kappa shape index (κ3) is 3.92. The van der Waals surface area contributed by atoms with E-state index in [-0.39, 0.29) is 17.5 Å². The standard InChI is InChI=1S/C21H28N2O5S/c1-13-3-4-17(8-18(13)29(26,27)22-2)23-19(24)12-28-20(25)21-9-14-5-15(10-21)7-16(6-14)11-21/h3-4,8,14-16,22H,5-7,9-12H2,1-2H3,(H,23,24). The van der Waals surface area contributed by atoms with Gasteiger partial charge in [0.1, 0.15) is 0 Å². The summed E-state index contributed by atoms with van der Waals surface area (Å²) < 4.78 is 31.9. The molecule has 4 bridgehead atoms. The highest BCUT2D eigenvalue weighted by molar-refractivity contribution is 7.89. The van der Waals surface area contributed by atoms with Crippen molar-refractivity contribution < 1.29 is 22.7 Å². The van der Waals surface area contributed by atoms with Crippen molar-refractivity contribution in [2.75, 3.05) is 19.0 Å². The quantitative estimate of drug-likeness (QED) is 0.689. The van der Waals surface area contributed by atoms with E-state index in [0.29, 0.717) is 29.0 Å². The molecule has 4 aliphatic rings. The molecule has 2 N–H and O–H groups in total. The fourth-order valence-electron chi connectivity index (χ4n) is 5.92. The molecule has 0 aliphatic heterocycles. The molecule has 1 aromatic rings. The Kier molecular flexibility index (Phi) is 5.19. The fraction of sp³-hybridized carbons (Fsp3) is 0.619. The zero-order valence-corrected chi connectivity index (χ0v) is 17.7. The monoisotopic (exact) mass is 420 g/mol. The van der Waals surface area contributed by atoms with Gasteiger partial charge in [-0.25, -0.2) is 13.1 Å². The second kappa shape index (κ2) is 7.40. The third-order valence-electron chi connectivity index (χ3n) is 6.84. The molecule has 4 saturated carbocycles. The van der Waals surface area contributed by atoms with Gasteiger partial charge in [-0.3, -0.25) is 9.59 Å². The van der Waals surface area contributed by atoms with Gasteiger partial charge in [0.15, 0.2) is 6.61 Å². The summed E-state index contributed by atoms with van der Waals surface area (Å²) in [4.78, 5) is 25.2. The molecule has 8 heteroatoms. The minimum Gasteiger partial charge on any atom is -0.455 e. The van der Waals surface area contributed by atoms with E-state index in [4.69, 9.17) is 4.74 Å². The molecule has 29 heavy (non-hydrogen) atoms. The molecule has 4 fully saturated rings. The van der Waals surface area contributed by atoms with Gasteiger partial charge in [0.05, 0.1) is 10.3 Å². The number of hydrogen-bond acceptors (Lipinski definition) is 5. The minimum atomic E-state index is -3.63. The number of benzene rings is 1. The number of esters is 1. The highest BCUT2D eigenvalue weighted by Crippen LogP contribution is 2.60. The van der Waals surface area contributed by atoms with Crippen LogP contribution in [0.4, 0.5) is 5.69 Å². The lowest BCUT2D eigenvalue weighted by atomic mass is 9.49. The van der Waals surface area contributed by atoms with Gasteiger partial charge in [0.2, 0.25) is 10.0 Å². The first-order valence-corrected chi connectivity index (χ1v) is 11.7. The van der Waals surface area contributed by atoms with Crippen molar-refractivity contribution in [3.8, 4) is 0 Å². The predicted molar refractivity (Wildman–Crippen MR) is 108 cm³/mol. The van der Waals surface area contributed by atoms with E-state index in [0.717, 1.165) is 19.3 Å². The molecular formula is C21H28N2O5S. The summed E-state index contributed by atoms with van der Waals surface area (Å²) in [7, 11) is -2.29. The maximum Gasteiger partial charge on any atom is 0.312 e. The molecule has 5 rings (SSSR count). The molecule has 0 spiro atoms. The summed E-state index contributed by atoms with van der Waals surface area (Å²) in [6.45, 7) is 1.33. The van der Waals surface area contributed by atoms with Gasteiger partial charge >= 0.3 is 5.97 Å². The number of nitrogens with one attached hydrogen (secondary N) is 2. The molecule has 4 aliphatic carbocycles. The van der Waals surface area contributed by atoms with E-state index in [2.05, 4.69) is 10.0 Å². The normalized spacial score (nSPS) is 30.2. The summed E-state index contributed by atoms with van der Waals surface area (Å²) in [5, 5.41) is 2.63. The van der Waals surface area contributed by atoms with E-state index in [1.54, 1.807) is 19.1 Å². The smallest absolute Gasteiger partial charge is 0.312 e. The Bertz CT molecular complexity index is 905. The largest absolute Gasteiger partial charge is 0.455 e. The second-order valence-corrected chi connectivity index (χ2v) is 10.9. The number of carbonyl (C=O) groups excluding carboxylic acids is 2. The fourth-order valence-corrected chi connectivity index (χ4v) is 6.91. The predicted octanol–water partition coefficient (Wildman–Crippen LogP) is 2.60. The van der Waals surface area contributed by atoms with Crippen LogP contribution in [0.1, 0.15) is 44.1 Å². The summed E-state index contributed by atoms with van der Waals surface area (Å²) in [5.41, 5.74) is 0.526. The van der Waals surface area contributed by atoms with Gasteiger partial charge in [-0.05, 0) is 87.9 Å². The molecule has 0 aromatic heterocycles. The van der Waals surface area contributed by atoms with Crippen LogP contribution in [0.25, 0.3) is 0 Å². The molecule has 7 nitrogen and oxygen atoms in total. The van der Waals surface area contributed by atoms with Gasteiger partial charge in [-0.1, -0.05) is 6.07 Å². The maximum atomic E-state index is 12.8. The lowest BCUT2D eigenvalue weighted by Crippen LogP contribution is -2.50. The molecule has 1 aromatic carbocycles. The Balaban J connectivity index is 1.37. The molecule has 158 valence electrons. The van der Waals surface area contributed by atoms with Crippen LogP contribution < -0.4 is 10.0 Å². The number of rotatable bonds is 6. The topological polar surface area (TPSA) is 102 Å². The molecule has 0 unspecified atom stereocenters. The number of hydrogen-bond donors (Lipinski definition) is 2. The first-order chi connectivity index (χ1) is 13.7. The van der Waals surface area contributed by atoms with Crippen molar-refractivity contribution in [3.63, 3.8) is 0 Å². The van der Waals surface area contributed by atoms with Gasteiger partial charge < -0.3 is 10.1 Å². The Morgan fingerprint density at radius 1 is 1.10 bits per heavy atom. The lowest BCUT2D eigenvalue weighted by Gasteiger charge is -2.55. The second-order valence-electron chi connectivity index (χ2n) is 9.01. The van der Waals surface area contributed by atoms with E-state index in [9.17, 15) is 18.0 Å². The average Bonchev–Trinajstić information content (AvgIpc) is 2.66. The maximum absolute atomic E-state index is 12.8. The molecule has 0 radical (unpaired) electrons. The molecular weight excluding hydrogens is 392 g/mol. The molecule has 0 saturated heterocycles. The van der Waals surface area contributed by atoms with Crippen LogP contribution in [0.15, 0.2) is 23.1 Å². The van der Waals surface area contributed by atoms with E-state index in [1.807, 2.05) is 0 Å². The van der Waals surface area contributed by atoms with Crippen molar-refractivity contribution in [3.05, 3.63) is 23.8 Å². The summed E-state index contributed by atoms with van der Waals surface area (Å²) in [6.07, 6.45) is 6.38. The van der Waals surface area contributed by atoms with Crippen molar-refractivity contribution in [1.29, 1.82) is 0 Å². The Hall–Kier alpha value is -1.93. The van der Waals surface area contributed by atoms with Crippen molar-refractivity contribution in [1.82, 2.24) is 4.72 Å². The van der Waals surface area contributed by atoms with Crippen molar-refractivity contribution in [2.45, 2.75) is 50.3 Å². The van der Waals surface area contributed by atoms with Crippen molar-refractivity contribution >= 4 is 27.6 Å². The Morgan fingerprint density at radius 2 is 1.69 bits per heavy atom. The average molecular weight is 421 g/mol. The molecule has 1 amide bonds. The number of anilines is 1. The zero-order valence-electron chi connectivity index (χ0n) is 16.9. The summed E-state index contributed by atoms with van der Waals surface area (Å²) in [6, 6.07) is 4.66. The van der Waals surface area contributed by atoms with Crippen LogP contribution in [0.3, 0.4) is 0 Å². The van der Waals surface area contributed by atoms with E-state index >= 15 is 0 Å². The van der Waals surface area contributed by atoms with Crippen molar-refractivity contribution in [2.24, 2.45) is 23.2 Å². The molecule has 0 atom stereocenters. The third-order valence-corrected chi connectivity index (χ3v) is 8.39. The number of amides is 1. The zero-order chi connectivity index (χ0) is 20.8. The lowest BCUT2D eigenvalue weighted by molar-refractivity contribution is -0.172. The van der Waals surface area contributed by atoms with E-state index < -0.39 is 21.3 Å². The number of aryl methyl sites for hydroxylation is 1. The van der Waals surface area contributed by atoms with E-state index in [1.165, 1.54) is 32.4 Å². The first-order valence-electron chi connectivity index (χ1n) is 10.2. The van der Waals surface area contributed by atoms with Gasteiger partial charge in [0, 0.05) is 5.69 Å². The highest BCUT2D eigenvalue weighted by atomic mass is 32.2. The number of sulfonamides is 1. The van der Waals surface area contributed by atoms with Crippen LogP contribution >= 0.6 is 0 Å². The van der Waals surface area contributed by atoms with Gasteiger partial charge in [-0.2, -0.15) is 0 Å². The van der Waals surface area contributed by atoms with Gasteiger partial charge in [0.25, 0.3) is 5.91 Å². The Labute approximate surface area is 171 Å².